The van der Waals surface area contributed by atoms with Gasteiger partial charge in [-0.2, -0.15) is 0 Å². The van der Waals surface area contributed by atoms with Gasteiger partial charge in [-0.1, -0.05) is 36.4 Å². The second-order valence-corrected chi connectivity index (χ2v) is 10.2. The van der Waals surface area contributed by atoms with E-state index in [2.05, 4.69) is 73.9 Å². The normalized spacial score (nSPS) is 22.8. The van der Waals surface area contributed by atoms with E-state index in [4.69, 9.17) is 0 Å². The third-order valence-electron chi connectivity index (χ3n) is 6.65. The quantitative estimate of drug-likeness (QED) is 0.400. The Morgan fingerprint density at radius 1 is 1.11 bits per heavy atom. The predicted octanol–water partition coefficient (Wildman–Crippen LogP) is 4.06. The minimum atomic E-state index is -0.381. The number of nitrogens with zero attached hydrogens (tertiary/aromatic N) is 2. The van der Waals surface area contributed by atoms with Gasteiger partial charge >= 0.3 is 0 Å². The van der Waals surface area contributed by atoms with Crippen LogP contribution in [0, 0.1) is 5.92 Å². The molecule has 4 N–H and O–H groups in total. The molecule has 2 amide bonds. The summed E-state index contributed by atoms with van der Waals surface area (Å²) in [5, 5.41) is 12.3. The van der Waals surface area contributed by atoms with Crippen LogP contribution >= 0.6 is 11.8 Å². The van der Waals surface area contributed by atoms with Crippen molar-refractivity contribution in [3.05, 3.63) is 76.6 Å². The Kier molecular flexibility index (Phi) is 7.78. The van der Waals surface area contributed by atoms with Gasteiger partial charge in [-0.3, -0.25) is 14.9 Å². The average molecular weight is 503 g/mol. The smallest absolute Gasteiger partial charge is 0.290 e. The van der Waals surface area contributed by atoms with Gasteiger partial charge in [-0.05, 0) is 78.8 Å². The molecule has 1 saturated carbocycles. The van der Waals surface area contributed by atoms with Gasteiger partial charge in [0.15, 0.2) is 0 Å². The van der Waals surface area contributed by atoms with Crippen LogP contribution in [0.2, 0.25) is 0 Å². The van der Waals surface area contributed by atoms with Gasteiger partial charge in [0, 0.05) is 31.5 Å². The van der Waals surface area contributed by atoms with Crippen LogP contribution in [0.5, 0.6) is 0 Å². The summed E-state index contributed by atoms with van der Waals surface area (Å²) in [6.45, 7) is 2.75. The molecule has 9 heteroatoms. The number of amides is 2. The zero-order valence-corrected chi connectivity index (χ0v) is 20.8. The molecule has 0 spiro atoms. The topological polar surface area (TPSA) is 108 Å². The second kappa shape index (κ2) is 11.5. The van der Waals surface area contributed by atoms with E-state index in [-0.39, 0.29) is 11.1 Å². The minimum Gasteiger partial charge on any atom is -0.387 e. The van der Waals surface area contributed by atoms with Crippen LogP contribution in [-0.2, 0) is 11.3 Å². The molecule has 0 unspecified atom stereocenters. The van der Waals surface area contributed by atoms with Crippen molar-refractivity contribution >= 4 is 40.5 Å². The summed E-state index contributed by atoms with van der Waals surface area (Å²) in [5.41, 5.74) is 4.43. The van der Waals surface area contributed by atoms with E-state index in [9.17, 15) is 9.59 Å². The fraction of sp³-hybridized carbons (Fsp3) is 0.333. The largest absolute Gasteiger partial charge is 0.387 e. The van der Waals surface area contributed by atoms with E-state index in [0.29, 0.717) is 28.5 Å². The van der Waals surface area contributed by atoms with Crippen LogP contribution in [0.3, 0.4) is 0 Å². The van der Waals surface area contributed by atoms with E-state index in [0.717, 1.165) is 57.1 Å². The Morgan fingerprint density at radius 3 is 2.75 bits per heavy atom. The number of imide groups is 1. The van der Waals surface area contributed by atoms with Crippen LogP contribution in [0.25, 0.3) is 11.6 Å². The van der Waals surface area contributed by atoms with E-state index in [1.807, 2.05) is 0 Å². The highest BCUT2D eigenvalue weighted by molar-refractivity contribution is 8.18. The summed E-state index contributed by atoms with van der Waals surface area (Å²) < 4.78 is 0. The zero-order valence-electron chi connectivity index (χ0n) is 20.0. The third-order valence-corrected chi connectivity index (χ3v) is 7.46. The fourth-order valence-electron chi connectivity index (χ4n) is 4.78. The summed E-state index contributed by atoms with van der Waals surface area (Å²) in [5.74, 6) is 0.823. The highest BCUT2D eigenvalue weighted by Crippen LogP contribution is 2.27. The minimum absolute atomic E-state index is 0.327. The van der Waals surface area contributed by atoms with Gasteiger partial charge in [-0.15, -0.1) is 0 Å². The van der Waals surface area contributed by atoms with E-state index >= 15 is 0 Å². The van der Waals surface area contributed by atoms with Gasteiger partial charge in [0.2, 0.25) is 5.95 Å². The molecule has 1 aliphatic carbocycles. The summed E-state index contributed by atoms with van der Waals surface area (Å²) >= 11 is 0.889. The number of rotatable bonds is 8. The molecule has 1 aromatic heterocycles. The molecule has 5 rings (SSSR count). The summed E-state index contributed by atoms with van der Waals surface area (Å²) in [6, 6.07) is 10.6. The lowest BCUT2D eigenvalue weighted by molar-refractivity contribution is -0.115. The average Bonchev–Trinajstić information content (AvgIpc) is 3.22. The number of thioether (sulfide) groups is 1. The first-order chi connectivity index (χ1) is 17.6. The lowest BCUT2D eigenvalue weighted by Crippen LogP contribution is -2.31. The molecule has 1 saturated heterocycles. The van der Waals surface area contributed by atoms with E-state index < -0.39 is 0 Å². The monoisotopic (exact) mass is 502 g/mol. The SMILES string of the molecule is O=C1NC(=O)/C(=C/c2ccnc(N[C@H]3CC[C@H](CNCc4ccccc4C4=CNCC=C4)CC3)n2)S1. The van der Waals surface area contributed by atoms with Crippen molar-refractivity contribution in [2.24, 2.45) is 5.92 Å². The molecular weight excluding hydrogens is 472 g/mol. The maximum atomic E-state index is 11.8. The Morgan fingerprint density at radius 2 is 1.97 bits per heavy atom. The molecule has 3 heterocycles. The van der Waals surface area contributed by atoms with Crippen molar-refractivity contribution in [2.45, 2.75) is 38.3 Å². The molecule has 1 aromatic carbocycles. The maximum absolute atomic E-state index is 11.8. The van der Waals surface area contributed by atoms with Crippen molar-refractivity contribution in [1.82, 2.24) is 25.9 Å². The number of benzene rings is 1. The lowest BCUT2D eigenvalue weighted by atomic mass is 9.86. The number of nitrogens with one attached hydrogen (secondary N) is 4. The number of carbonyl (C=O) groups excluding carboxylic acids is 2. The van der Waals surface area contributed by atoms with Crippen molar-refractivity contribution < 1.29 is 9.59 Å². The number of hydrogen-bond donors (Lipinski definition) is 4. The zero-order chi connectivity index (χ0) is 24.7. The Balaban J connectivity index is 1.09. The first-order valence-corrected chi connectivity index (χ1v) is 13.2. The molecule has 0 bridgehead atoms. The molecule has 8 nitrogen and oxygen atoms in total. The van der Waals surface area contributed by atoms with Crippen LogP contribution in [0.15, 0.2) is 59.8 Å². The standard InChI is InChI=1S/C27H30N6O2S/c34-25-24(36-27(35)33-25)14-22-11-13-30-26(32-22)31-21-9-7-18(8-10-21)15-29-17-19-4-1-2-6-23(19)20-5-3-12-28-16-20/h1-6,11,13-14,16,18,21,28-29H,7-10,12,15,17H2,(H,30,31,32)(H,33,34,35)/b24-14-/t18-,21-. The van der Waals surface area contributed by atoms with Crippen LogP contribution in [-0.4, -0.2) is 40.2 Å². The molecule has 186 valence electrons. The highest BCUT2D eigenvalue weighted by atomic mass is 32.2. The first kappa shape index (κ1) is 24.3. The molecule has 2 aromatic rings. The number of aromatic nitrogens is 2. The van der Waals surface area contributed by atoms with E-state index in [1.54, 1.807) is 18.3 Å². The molecule has 2 aliphatic heterocycles. The number of dihydropyridines is 1. The molecule has 3 aliphatic rings. The molecule has 0 radical (unpaired) electrons. The Bertz CT molecular complexity index is 1220. The molecule has 36 heavy (non-hydrogen) atoms. The van der Waals surface area contributed by atoms with Crippen molar-refractivity contribution in [1.29, 1.82) is 0 Å². The van der Waals surface area contributed by atoms with Crippen LogP contribution in [0.4, 0.5) is 10.7 Å². The maximum Gasteiger partial charge on any atom is 0.290 e. The third kappa shape index (κ3) is 6.22. The van der Waals surface area contributed by atoms with Gasteiger partial charge in [0.25, 0.3) is 11.1 Å². The highest BCUT2D eigenvalue weighted by Gasteiger charge is 2.25. The summed E-state index contributed by atoms with van der Waals surface area (Å²) in [6.07, 6.45) is 14.1. The van der Waals surface area contributed by atoms with Gasteiger partial charge in [-0.25, -0.2) is 9.97 Å². The Labute approximate surface area is 215 Å². The predicted molar refractivity (Wildman–Crippen MR) is 144 cm³/mol. The Hall–Kier alpha value is -3.43. The molecular formula is C27H30N6O2S. The van der Waals surface area contributed by atoms with E-state index in [1.165, 1.54) is 16.7 Å². The number of anilines is 1. The van der Waals surface area contributed by atoms with Gasteiger partial charge in [0.1, 0.15) is 0 Å². The van der Waals surface area contributed by atoms with Crippen LogP contribution < -0.4 is 21.3 Å². The van der Waals surface area contributed by atoms with Gasteiger partial charge < -0.3 is 16.0 Å². The molecule has 0 atom stereocenters. The fourth-order valence-corrected chi connectivity index (χ4v) is 5.44. The van der Waals surface area contributed by atoms with Gasteiger partial charge in [0.05, 0.1) is 10.6 Å². The van der Waals surface area contributed by atoms with Crippen molar-refractivity contribution in [3.8, 4) is 0 Å². The van der Waals surface area contributed by atoms with Crippen molar-refractivity contribution in [3.63, 3.8) is 0 Å². The first-order valence-electron chi connectivity index (χ1n) is 12.4. The molecule has 2 fully saturated rings. The number of hydrogen-bond acceptors (Lipinski definition) is 8. The summed E-state index contributed by atoms with van der Waals surface area (Å²) in [7, 11) is 0. The number of allylic oxidation sites excluding steroid dienone is 2. The second-order valence-electron chi connectivity index (χ2n) is 9.22. The lowest BCUT2D eigenvalue weighted by Gasteiger charge is -2.29. The van der Waals surface area contributed by atoms with Crippen LogP contribution in [0.1, 0.15) is 42.5 Å². The number of carbonyl (C=O) groups is 2. The van der Waals surface area contributed by atoms with Crippen molar-refractivity contribution in [2.75, 3.05) is 18.4 Å². The summed E-state index contributed by atoms with van der Waals surface area (Å²) in [4.78, 5) is 32.3.